The van der Waals surface area contributed by atoms with Gasteiger partial charge in [-0.25, -0.2) is 18.1 Å². The predicted octanol–water partition coefficient (Wildman–Crippen LogP) is 1.26. The lowest BCUT2D eigenvalue weighted by atomic mass is 10.2. The van der Waals surface area contributed by atoms with Crippen LogP contribution in [0.15, 0.2) is 35.5 Å². The van der Waals surface area contributed by atoms with E-state index in [0.29, 0.717) is 30.9 Å². The van der Waals surface area contributed by atoms with E-state index in [0.717, 1.165) is 23.6 Å². The Morgan fingerprint density at radius 1 is 1.38 bits per heavy atom. The average molecular weight is 307 g/mol. The third kappa shape index (κ3) is 3.25. The molecule has 1 aromatic carbocycles. The van der Waals surface area contributed by atoms with Gasteiger partial charge in [0.15, 0.2) is 0 Å². The first-order valence-corrected chi connectivity index (χ1v) is 8.37. The number of nitrogens with one attached hydrogen (secondary N) is 2. The van der Waals surface area contributed by atoms with Gasteiger partial charge in [-0.15, -0.1) is 0 Å². The van der Waals surface area contributed by atoms with Gasteiger partial charge in [-0.1, -0.05) is 0 Å². The fourth-order valence-electron chi connectivity index (χ4n) is 2.31. The Morgan fingerprint density at radius 2 is 2.29 bits per heavy atom. The Morgan fingerprint density at radius 3 is 3.10 bits per heavy atom. The Balaban J connectivity index is 1.59. The van der Waals surface area contributed by atoms with E-state index in [1.54, 1.807) is 30.6 Å². The van der Waals surface area contributed by atoms with Crippen LogP contribution in [0.5, 0.6) is 5.75 Å². The van der Waals surface area contributed by atoms with E-state index < -0.39 is 10.0 Å². The summed E-state index contributed by atoms with van der Waals surface area (Å²) in [6.45, 7) is 1.01. The number of hydrogen-bond donors (Lipinski definition) is 2. The summed E-state index contributed by atoms with van der Waals surface area (Å²) in [5.74, 6) is 1.65. The van der Waals surface area contributed by atoms with Crippen LogP contribution in [-0.2, 0) is 22.9 Å². The third-order valence-corrected chi connectivity index (χ3v) is 4.87. The number of sulfonamides is 1. The first kappa shape index (κ1) is 14.1. The van der Waals surface area contributed by atoms with Gasteiger partial charge in [0, 0.05) is 31.8 Å². The number of nitrogens with zero attached hydrogens (tertiary/aromatic N) is 1. The molecule has 3 rings (SSSR count). The van der Waals surface area contributed by atoms with Crippen LogP contribution in [0.1, 0.15) is 17.8 Å². The van der Waals surface area contributed by atoms with Gasteiger partial charge >= 0.3 is 0 Å². The molecule has 1 aromatic heterocycles. The van der Waals surface area contributed by atoms with Gasteiger partial charge in [-0.2, -0.15) is 0 Å². The Bertz CT molecular complexity index is 711. The molecule has 1 aliphatic heterocycles. The molecule has 7 heteroatoms. The van der Waals surface area contributed by atoms with E-state index >= 15 is 0 Å². The fourth-order valence-corrected chi connectivity index (χ4v) is 3.43. The summed E-state index contributed by atoms with van der Waals surface area (Å²) >= 11 is 0. The summed E-state index contributed by atoms with van der Waals surface area (Å²) in [4.78, 5) is 7.39. The summed E-state index contributed by atoms with van der Waals surface area (Å²) in [5, 5.41) is 0. The highest BCUT2D eigenvalue weighted by molar-refractivity contribution is 7.89. The summed E-state index contributed by atoms with van der Waals surface area (Å²) in [7, 11) is -3.46. The van der Waals surface area contributed by atoms with Crippen molar-refractivity contribution in [3.63, 3.8) is 0 Å². The number of aromatic nitrogens is 2. The van der Waals surface area contributed by atoms with Crippen molar-refractivity contribution in [3.8, 4) is 5.75 Å². The molecule has 112 valence electrons. The molecule has 0 bridgehead atoms. The highest BCUT2D eigenvalue weighted by Gasteiger charge is 2.18. The van der Waals surface area contributed by atoms with Crippen LogP contribution in [0.3, 0.4) is 0 Å². The number of aryl methyl sites for hydroxylation is 1. The molecule has 0 saturated heterocycles. The Hall–Kier alpha value is -1.86. The van der Waals surface area contributed by atoms with Crippen LogP contribution in [0.2, 0.25) is 0 Å². The van der Waals surface area contributed by atoms with Crippen LogP contribution in [0.25, 0.3) is 0 Å². The molecule has 6 nitrogen and oxygen atoms in total. The zero-order valence-electron chi connectivity index (χ0n) is 11.5. The van der Waals surface area contributed by atoms with Crippen molar-refractivity contribution in [3.05, 3.63) is 42.0 Å². The highest BCUT2D eigenvalue weighted by Crippen LogP contribution is 2.27. The maximum atomic E-state index is 12.2. The SMILES string of the molecule is O=S(=O)(NCCCc1ncc[nH]1)c1ccc2c(c1)CCO2. The van der Waals surface area contributed by atoms with E-state index in [-0.39, 0.29) is 0 Å². The van der Waals surface area contributed by atoms with Gasteiger partial charge in [0.1, 0.15) is 11.6 Å². The van der Waals surface area contributed by atoms with E-state index in [2.05, 4.69) is 14.7 Å². The predicted molar refractivity (Wildman–Crippen MR) is 77.7 cm³/mol. The van der Waals surface area contributed by atoms with Gasteiger partial charge in [-0.3, -0.25) is 0 Å². The minimum atomic E-state index is -3.46. The first-order chi connectivity index (χ1) is 10.1. The van der Waals surface area contributed by atoms with E-state index in [1.165, 1.54) is 0 Å². The van der Waals surface area contributed by atoms with Crippen LogP contribution >= 0.6 is 0 Å². The van der Waals surface area contributed by atoms with Crippen LogP contribution in [0, 0.1) is 0 Å². The molecular weight excluding hydrogens is 290 g/mol. The molecule has 0 atom stereocenters. The number of benzene rings is 1. The monoisotopic (exact) mass is 307 g/mol. The molecule has 1 aliphatic rings. The van der Waals surface area contributed by atoms with Crippen molar-refractivity contribution < 1.29 is 13.2 Å². The summed E-state index contributed by atoms with van der Waals surface area (Å²) in [6, 6.07) is 5.00. The van der Waals surface area contributed by atoms with Gasteiger partial charge in [0.2, 0.25) is 10.0 Å². The Kier molecular flexibility index (Phi) is 3.94. The molecule has 2 aromatic rings. The molecule has 0 saturated carbocycles. The minimum Gasteiger partial charge on any atom is -0.493 e. The topological polar surface area (TPSA) is 84.1 Å². The van der Waals surface area contributed by atoms with Crippen LogP contribution < -0.4 is 9.46 Å². The van der Waals surface area contributed by atoms with Crippen LogP contribution in [-0.4, -0.2) is 31.5 Å². The molecule has 0 spiro atoms. The maximum absolute atomic E-state index is 12.2. The van der Waals surface area contributed by atoms with Crippen molar-refractivity contribution in [2.75, 3.05) is 13.2 Å². The largest absolute Gasteiger partial charge is 0.493 e. The van der Waals surface area contributed by atoms with Gasteiger partial charge < -0.3 is 9.72 Å². The van der Waals surface area contributed by atoms with E-state index in [4.69, 9.17) is 4.74 Å². The summed E-state index contributed by atoms with van der Waals surface area (Å²) in [6.07, 6.45) is 5.61. The number of ether oxygens (including phenoxy) is 1. The molecule has 2 N–H and O–H groups in total. The molecule has 2 heterocycles. The summed E-state index contributed by atoms with van der Waals surface area (Å²) in [5.41, 5.74) is 0.952. The smallest absolute Gasteiger partial charge is 0.240 e. The van der Waals surface area contributed by atoms with Gasteiger partial charge in [-0.05, 0) is 30.2 Å². The lowest BCUT2D eigenvalue weighted by molar-refractivity contribution is 0.356. The van der Waals surface area contributed by atoms with Crippen molar-refractivity contribution in [1.29, 1.82) is 0 Å². The van der Waals surface area contributed by atoms with Crippen molar-refractivity contribution >= 4 is 10.0 Å². The fraction of sp³-hybridized carbons (Fsp3) is 0.357. The quantitative estimate of drug-likeness (QED) is 0.787. The molecular formula is C14H17N3O3S. The molecule has 0 unspecified atom stereocenters. The second kappa shape index (κ2) is 5.87. The summed E-state index contributed by atoms with van der Waals surface area (Å²) < 4.78 is 32.4. The molecule has 0 fully saturated rings. The standard InChI is InChI=1S/C14H17N3O3S/c18-21(19,17-6-1-2-14-15-7-8-16-14)12-3-4-13-11(10-12)5-9-20-13/h3-4,7-8,10,17H,1-2,5-6,9H2,(H,15,16). The zero-order chi connectivity index (χ0) is 14.7. The van der Waals surface area contributed by atoms with Crippen LogP contribution in [0.4, 0.5) is 0 Å². The number of rotatable bonds is 6. The average Bonchev–Trinajstić information content (AvgIpc) is 3.13. The number of H-pyrrole nitrogens is 1. The van der Waals surface area contributed by atoms with Crippen molar-refractivity contribution in [2.45, 2.75) is 24.2 Å². The number of aromatic amines is 1. The number of fused-ring (bicyclic) bond motifs is 1. The highest BCUT2D eigenvalue weighted by atomic mass is 32.2. The molecule has 0 radical (unpaired) electrons. The zero-order valence-corrected chi connectivity index (χ0v) is 12.3. The minimum absolute atomic E-state index is 0.296. The number of imidazole rings is 1. The second-order valence-electron chi connectivity index (χ2n) is 4.91. The Labute approximate surface area is 123 Å². The molecule has 0 aliphatic carbocycles. The first-order valence-electron chi connectivity index (χ1n) is 6.89. The number of hydrogen-bond acceptors (Lipinski definition) is 4. The van der Waals surface area contributed by atoms with E-state index in [9.17, 15) is 8.42 Å². The van der Waals surface area contributed by atoms with Gasteiger partial charge in [0.05, 0.1) is 11.5 Å². The van der Waals surface area contributed by atoms with Gasteiger partial charge in [0.25, 0.3) is 0 Å². The molecule has 0 amide bonds. The van der Waals surface area contributed by atoms with Crippen molar-refractivity contribution in [1.82, 2.24) is 14.7 Å². The third-order valence-electron chi connectivity index (χ3n) is 3.41. The lowest BCUT2D eigenvalue weighted by Crippen LogP contribution is -2.25. The van der Waals surface area contributed by atoms with E-state index in [1.807, 2.05) is 0 Å². The molecule has 21 heavy (non-hydrogen) atoms. The lowest BCUT2D eigenvalue weighted by Gasteiger charge is -2.07. The second-order valence-corrected chi connectivity index (χ2v) is 6.67. The normalized spacial score (nSPS) is 13.9. The maximum Gasteiger partial charge on any atom is 0.240 e. The van der Waals surface area contributed by atoms with Crippen molar-refractivity contribution in [2.24, 2.45) is 0 Å².